The van der Waals surface area contributed by atoms with E-state index in [2.05, 4.69) is 0 Å². The quantitative estimate of drug-likeness (QED) is 0.870. The summed E-state index contributed by atoms with van der Waals surface area (Å²) in [5.74, 6) is -0.0946. The van der Waals surface area contributed by atoms with Crippen molar-refractivity contribution in [3.05, 3.63) is 29.6 Å². The molecule has 2 N–H and O–H groups in total. The minimum atomic E-state index is -0.467. The van der Waals surface area contributed by atoms with Crippen LogP contribution < -0.4 is 10.5 Å². The van der Waals surface area contributed by atoms with E-state index in [1.165, 1.54) is 6.07 Å². The molecule has 5 heteroatoms. The number of nitrogens with two attached hydrogens (primary N) is 1. The lowest BCUT2D eigenvalue weighted by molar-refractivity contribution is -0.0846. The van der Waals surface area contributed by atoms with Gasteiger partial charge < -0.3 is 15.2 Å². The molecule has 0 aromatic heterocycles. The van der Waals surface area contributed by atoms with Crippen LogP contribution in [0.2, 0.25) is 0 Å². The Labute approximate surface area is 124 Å². The van der Waals surface area contributed by atoms with Crippen molar-refractivity contribution in [1.29, 1.82) is 0 Å². The number of thiocarbonyl (C=S) groups is 1. The van der Waals surface area contributed by atoms with Crippen LogP contribution in [-0.4, -0.2) is 22.3 Å². The van der Waals surface area contributed by atoms with E-state index in [4.69, 9.17) is 27.4 Å². The predicted molar refractivity (Wildman–Crippen MR) is 80.6 cm³/mol. The van der Waals surface area contributed by atoms with Crippen LogP contribution in [0.25, 0.3) is 0 Å². The van der Waals surface area contributed by atoms with Crippen molar-refractivity contribution in [2.75, 3.05) is 0 Å². The van der Waals surface area contributed by atoms with E-state index in [1.54, 1.807) is 12.1 Å². The summed E-state index contributed by atoms with van der Waals surface area (Å²) < 4.78 is 25.8. The normalized spacial score (nSPS) is 23.6. The van der Waals surface area contributed by atoms with E-state index >= 15 is 0 Å². The Hall–Kier alpha value is -1.20. The third kappa shape index (κ3) is 2.94. The van der Waals surface area contributed by atoms with Crippen molar-refractivity contribution in [1.82, 2.24) is 0 Å². The highest BCUT2D eigenvalue weighted by molar-refractivity contribution is 7.80. The highest BCUT2D eigenvalue weighted by Crippen LogP contribution is 2.40. The van der Waals surface area contributed by atoms with Gasteiger partial charge in [-0.3, -0.25) is 0 Å². The summed E-state index contributed by atoms with van der Waals surface area (Å²) in [7, 11) is 0. The average molecular weight is 297 g/mol. The molecule has 0 spiro atoms. The molecule has 0 aliphatic carbocycles. The summed E-state index contributed by atoms with van der Waals surface area (Å²) in [5, 5.41) is 0. The lowest BCUT2D eigenvalue weighted by atomic mass is 9.97. The minimum Gasteiger partial charge on any atom is -0.486 e. The topological polar surface area (TPSA) is 44.5 Å². The van der Waals surface area contributed by atoms with Gasteiger partial charge in [0.25, 0.3) is 0 Å². The van der Waals surface area contributed by atoms with Gasteiger partial charge in [-0.2, -0.15) is 0 Å². The van der Waals surface area contributed by atoms with Gasteiger partial charge in [0, 0.05) is 6.42 Å². The zero-order valence-electron chi connectivity index (χ0n) is 12.2. The molecule has 20 heavy (non-hydrogen) atoms. The number of benzene rings is 1. The van der Waals surface area contributed by atoms with Crippen LogP contribution in [0, 0.1) is 5.82 Å². The molecule has 0 saturated carbocycles. The van der Waals surface area contributed by atoms with Gasteiger partial charge >= 0.3 is 0 Å². The molecule has 1 aliphatic heterocycles. The van der Waals surface area contributed by atoms with Gasteiger partial charge in [-0.15, -0.1) is 0 Å². The Morgan fingerprint density at radius 3 is 2.55 bits per heavy atom. The first-order chi connectivity index (χ1) is 9.12. The standard InChI is InChI=1S/C15H20FNO2S/c1-14(2)8-11(15(3,4)19-14)18-10-7-5-6-9(16)12(10)13(17)20/h5-7,11H,8H2,1-4H3,(H2,17,20). The Morgan fingerprint density at radius 2 is 2.05 bits per heavy atom. The first-order valence-corrected chi connectivity index (χ1v) is 6.98. The molecular formula is C15H20FNO2S. The molecule has 1 fully saturated rings. The van der Waals surface area contributed by atoms with E-state index in [-0.39, 0.29) is 22.3 Å². The average Bonchev–Trinajstić information content (AvgIpc) is 2.45. The van der Waals surface area contributed by atoms with E-state index in [0.717, 1.165) is 0 Å². The van der Waals surface area contributed by atoms with E-state index < -0.39 is 11.4 Å². The molecule has 1 unspecified atom stereocenters. The van der Waals surface area contributed by atoms with Gasteiger partial charge in [0.2, 0.25) is 0 Å². The lowest BCUT2D eigenvalue weighted by Gasteiger charge is -2.28. The highest BCUT2D eigenvalue weighted by Gasteiger charge is 2.47. The van der Waals surface area contributed by atoms with Crippen molar-refractivity contribution in [2.24, 2.45) is 5.73 Å². The molecule has 1 aromatic rings. The van der Waals surface area contributed by atoms with Crippen LogP contribution in [0.1, 0.15) is 39.7 Å². The molecule has 1 heterocycles. The van der Waals surface area contributed by atoms with Crippen LogP contribution in [0.15, 0.2) is 18.2 Å². The number of hydrogen-bond donors (Lipinski definition) is 1. The minimum absolute atomic E-state index is 0.00548. The lowest BCUT2D eigenvalue weighted by Crippen LogP contribution is -2.37. The molecule has 0 bridgehead atoms. The zero-order valence-corrected chi connectivity index (χ0v) is 13.0. The summed E-state index contributed by atoms with van der Waals surface area (Å²) in [6.45, 7) is 7.95. The van der Waals surface area contributed by atoms with Crippen molar-refractivity contribution >= 4 is 17.2 Å². The van der Waals surface area contributed by atoms with Gasteiger partial charge in [0.15, 0.2) is 0 Å². The van der Waals surface area contributed by atoms with Crippen molar-refractivity contribution in [3.8, 4) is 5.75 Å². The first kappa shape index (κ1) is 15.2. The van der Waals surface area contributed by atoms with E-state index in [1.807, 2.05) is 27.7 Å². The van der Waals surface area contributed by atoms with Gasteiger partial charge in [-0.1, -0.05) is 18.3 Å². The third-order valence-corrected chi connectivity index (χ3v) is 3.69. The van der Waals surface area contributed by atoms with Gasteiger partial charge in [0.05, 0.1) is 11.2 Å². The van der Waals surface area contributed by atoms with Crippen LogP contribution in [0.4, 0.5) is 4.39 Å². The molecule has 2 rings (SSSR count). The molecule has 1 saturated heterocycles. The Morgan fingerprint density at radius 1 is 1.40 bits per heavy atom. The summed E-state index contributed by atoms with van der Waals surface area (Å²) in [6.07, 6.45) is 0.528. The van der Waals surface area contributed by atoms with Gasteiger partial charge in [-0.05, 0) is 39.8 Å². The Bertz CT molecular complexity index is 543. The van der Waals surface area contributed by atoms with Crippen molar-refractivity contribution < 1.29 is 13.9 Å². The fourth-order valence-corrected chi connectivity index (χ4v) is 2.89. The van der Waals surface area contributed by atoms with Gasteiger partial charge in [0.1, 0.15) is 28.3 Å². The van der Waals surface area contributed by atoms with Crippen LogP contribution in [-0.2, 0) is 4.74 Å². The SMILES string of the molecule is CC1(C)CC(Oc2cccc(F)c2C(N)=S)C(C)(C)O1. The fraction of sp³-hybridized carbons (Fsp3) is 0.533. The second kappa shape index (κ2) is 4.97. The second-order valence-corrected chi connectivity index (χ2v) is 6.69. The second-order valence-electron chi connectivity index (χ2n) is 6.25. The maximum absolute atomic E-state index is 13.8. The highest BCUT2D eigenvalue weighted by atomic mass is 32.1. The molecule has 1 atom stereocenters. The Balaban J connectivity index is 2.32. The maximum atomic E-state index is 13.8. The van der Waals surface area contributed by atoms with Crippen LogP contribution in [0.5, 0.6) is 5.75 Å². The molecule has 3 nitrogen and oxygen atoms in total. The predicted octanol–water partition coefficient (Wildman–Crippen LogP) is 3.18. The molecule has 1 aromatic carbocycles. The molecule has 0 amide bonds. The smallest absolute Gasteiger partial charge is 0.137 e. The largest absolute Gasteiger partial charge is 0.486 e. The zero-order chi connectivity index (χ0) is 15.1. The van der Waals surface area contributed by atoms with Crippen molar-refractivity contribution in [3.63, 3.8) is 0 Å². The van der Waals surface area contributed by atoms with Crippen molar-refractivity contribution in [2.45, 2.75) is 51.4 Å². The van der Waals surface area contributed by atoms with E-state index in [0.29, 0.717) is 12.2 Å². The maximum Gasteiger partial charge on any atom is 0.137 e. The van der Waals surface area contributed by atoms with Gasteiger partial charge in [-0.25, -0.2) is 4.39 Å². The number of hydrogen-bond acceptors (Lipinski definition) is 3. The molecular weight excluding hydrogens is 277 g/mol. The number of rotatable bonds is 3. The molecule has 1 aliphatic rings. The fourth-order valence-electron chi connectivity index (χ4n) is 2.69. The first-order valence-electron chi connectivity index (χ1n) is 6.57. The summed E-state index contributed by atoms with van der Waals surface area (Å²) >= 11 is 4.91. The van der Waals surface area contributed by atoms with E-state index in [9.17, 15) is 4.39 Å². The number of ether oxygens (including phenoxy) is 2. The summed E-state index contributed by atoms with van der Waals surface area (Å²) in [5.41, 5.74) is 5.02. The monoisotopic (exact) mass is 297 g/mol. The Kier molecular flexibility index (Phi) is 3.77. The summed E-state index contributed by atoms with van der Waals surface area (Å²) in [4.78, 5) is -0.00548. The molecule has 110 valence electrons. The van der Waals surface area contributed by atoms with Crippen LogP contribution in [0.3, 0.4) is 0 Å². The summed E-state index contributed by atoms with van der Waals surface area (Å²) in [6, 6.07) is 4.58. The van der Waals surface area contributed by atoms with Crippen LogP contribution >= 0.6 is 12.2 Å². The third-order valence-electron chi connectivity index (χ3n) is 3.48. The molecule has 0 radical (unpaired) electrons. The number of halogens is 1.